The smallest absolute Gasteiger partial charge is 0.169 e. The van der Waals surface area contributed by atoms with Crippen molar-refractivity contribution in [2.75, 3.05) is 0 Å². The van der Waals surface area contributed by atoms with E-state index in [2.05, 4.69) is 37.3 Å². The fourth-order valence-corrected chi connectivity index (χ4v) is 3.27. The normalized spacial score (nSPS) is 13.0. The standard InChI is InChI=1S/C9H8Br2N2OS/c10-5-3-4-15-9(5)8(13-12)6-1-2-7(11)14-6/h1-4,8,13H,12H2. The summed E-state index contributed by atoms with van der Waals surface area (Å²) in [5, 5.41) is 2.00. The van der Waals surface area contributed by atoms with E-state index >= 15 is 0 Å². The molecule has 0 aliphatic heterocycles. The van der Waals surface area contributed by atoms with Gasteiger partial charge >= 0.3 is 0 Å². The average Bonchev–Trinajstić information content (AvgIpc) is 2.79. The topological polar surface area (TPSA) is 51.2 Å². The minimum atomic E-state index is -0.120. The monoisotopic (exact) mass is 350 g/mol. The number of hydrogen-bond donors (Lipinski definition) is 2. The van der Waals surface area contributed by atoms with Crippen LogP contribution in [0.3, 0.4) is 0 Å². The number of hydrogen-bond acceptors (Lipinski definition) is 4. The van der Waals surface area contributed by atoms with Crippen LogP contribution in [-0.2, 0) is 0 Å². The van der Waals surface area contributed by atoms with Gasteiger partial charge in [-0.15, -0.1) is 11.3 Å². The van der Waals surface area contributed by atoms with Crippen molar-refractivity contribution in [2.45, 2.75) is 6.04 Å². The third-order valence-corrected chi connectivity index (χ3v) is 4.31. The lowest BCUT2D eigenvalue weighted by molar-refractivity contribution is 0.439. The van der Waals surface area contributed by atoms with Crippen molar-refractivity contribution in [3.8, 4) is 0 Å². The predicted molar refractivity (Wildman–Crippen MR) is 67.6 cm³/mol. The highest BCUT2D eigenvalue weighted by molar-refractivity contribution is 9.10. The van der Waals surface area contributed by atoms with Crippen LogP contribution in [0, 0.1) is 0 Å². The number of nitrogens with two attached hydrogens (primary N) is 1. The number of nitrogens with one attached hydrogen (secondary N) is 1. The number of furan rings is 1. The van der Waals surface area contributed by atoms with E-state index in [0.717, 1.165) is 15.1 Å². The molecule has 0 aliphatic carbocycles. The molecule has 0 saturated carbocycles. The van der Waals surface area contributed by atoms with Crippen molar-refractivity contribution in [2.24, 2.45) is 5.84 Å². The summed E-state index contributed by atoms with van der Waals surface area (Å²) in [7, 11) is 0. The molecule has 2 aromatic heterocycles. The van der Waals surface area contributed by atoms with E-state index in [-0.39, 0.29) is 6.04 Å². The van der Waals surface area contributed by atoms with Crippen molar-refractivity contribution in [3.63, 3.8) is 0 Å². The van der Waals surface area contributed by atoms with Crippen molar-refractivity contribution >= 4 is 43.2 Å². The molecule has 2 heterocycles. The van der Waals surface area contributed by atoms with Gasteiger partial charge < -0.3 is 4.42 Å². The lowest BCUT2D eigenvalue weighted by Crippen LogP contribution is -2.28. The van der Waals surface area contributed by atoms with Crippen LogP contribution in [0.4, 0.5) is 0 Å². The Labute approximate surface area is 108 Å². The Morgan fingerprint density at radius 3 is 2.60 bits per heavy atom. The molecule has 6 heteroatoms. The van der Waals surface area contributed by atoms with E-state index < -0.39 is 0 Å². The van der Waals surface area contributed by atoms with Gasteiger partial charge in [-0.2, -0.15) is 0 Å². The maximum Gasteiger partial charge on any atom is 0.169 e. The van der Waals surface area contributed by atoms with Crippen LogP contribution < -0.4 is 11.3 Å². The van der Waals surface area contributed by atoms with E-state index in [0.29, 0.717) is 4.67 Å². The van der Waals surface area contributed by atoms with Gasteiger partial charge in [0.05, 0.1) is 0 Å². The van der Waals surface area contributed by atoms with Gasteiger partial charge in [0, 0.05) is 9.35 Å². The second-order valence-corrected chi connectivity index (χ2v) is 5.46. The summed E-state index contributed by atoms with van der Waals surface area (Å²) in [5.41, 5.74) is 2.74. The molecule has 2 aromatic rings. The fraction of sp³-hybridized carbons (Fsp3) is 0.111. The summed E-state index contributed by atoms with van der Waals surface area (Å²) < 4.78 is 7.21. The number of hydrazine groups is 1. The second kappa shape index (κ2) is 4.80. The van der Waals surface area contributed by atoms with Crippen LogP contribution in [-0.4, -0.2) is 0 Å². The molecule has 0 amide bonds. The van der Waals surface area contributed by atoms with Gasteiger partial charge in [0.2, 0.25) is 0 Å². The lowest BCUT2D eigenvalue weighted by Gasteiger charge is -2.11. The van der Waals surface area contributed by atoms with E-state index in [1.807, 2.05) is 23.6 Å². The minimum Gasteiger partial charge on any atom is -0.452 e. The Hall–Kier alpha value is -0.140. The summed E-state index contributed by atoms with van der Waals surface area (Å²) in [6.45, 7) is 0. The Balaban J connectivity index is 2.36. The molecule has 0 saturated heterocycles. The molecule has 0 aliphatic rings. The van der Waals surface area contributed by atoms with E-state index in [1.54, 1.807) is 11.3 Å². The quantitative estimate of drug-likeness (QED) is 0.658. The molecule has 1 unspecified atom stereocenters. The highest BCUT2D eigenvalue weighted by Gasteiger charge is 2.19. The van der Waals surface area contributed by atoms with Crippen LogP contribution in [0.1, 0.15) is 16.7 Å². The predicted octanol–water partition coefficient (Wildman–Crippen LogP) is 3.42. The molecule has 1 atom stereocenters. The van der Waals surface area contributed by atoms with E-state index in [4.69, 9.17) is 10.3 Å². The van der Waals surface area contributed by atoms with Gasteiger partial charge in [-0.1, -0.05) is 0 Å². The van der Waals surface area contributed by atoms with Crippen LogP contribution in [0.15, 0.2) is 37.1 Å². The number of rotatable bonds is 3. The summed E-state index contributed by atoms with van der Waals surface area (Å²) >= 11 is 8.36. The van der Waals surface area contributed by atoms with Crippen LogP contribution in [0.5, 0.6) is 0 Å². The summed E-state index contributed by atoms with van der Waals surface area (Å²) in [6.07, 6.45) is 0. The van der Waals surface area contributed by atoms with Gasteiger partial charge in [-0.3, -0.25) is 5.84 Å². The molecular weight excluding hydrogens is 344 g/mol. The first kappa shape index (κ1) is 11.3. The second-order valence-electron chi connectivity index (χ2n) is 2.87. The number of thiophene rings is 1. The van der Waals surface area contributed by atoms with Gasteiger partial charge in [-0.05, 0) is 55.4 Å². The first-order valence-electron chi connectivity index (χ1n) is 4.16. The molecule has 0 bridgehead atoms. The van der Waals surface area contributed by atoms with Gasteiger partial charge in [0.25, 0.3) is 0 Å². The molecule has 3 nitrogen and oxygen atoms in total. The first-order valence-corrected chi connectivity index (χ1v) is 6.63. The minimum absolute atomic E-state index is 0.120. The van der Waals surface area contributed by atoms with Crippen molar-refractivity contribution in [3.05, 3.63) is 43.4 Å². The van der Waals surface area contributed by atoms with Gasteiger partial charge in [-0.25, -0.2) is 5.43 Å². The molecular formula is C9H8Br2N2OS. The van der Waals surface area contributed by atoms with E-state index in [1.165, 1.54) is 0 Å². The SMILES string of the molecule is NNC(c1ccc(Br)o1)c1sccc1Br. The lowest BCUT2D eigenvalue weighted by atomic mass is 10.2. The zero-order valence-electron chi connectivity index (χ0n) is 7.54. The molecule has 2 rings (SSSR count). The maximum absolute atomic E-state index is 5.53. The molecule has 0 fully saturated rings. The van der Waals surface area contributed by atoms with Crippen molar-refractivity contribution in [1.29, 1.82) is 0 Å². The Morgan fingerprint density at radius 2 is 2.13 bits per heavy atom. The average molecular weight is 352 g/mol. The Kier molecular flexibility index (Phi) is 3.63. The third-order valence-electron chi connectivity index (χ3n) is 1.95. The third kappa shape index (κ3) is 2.34. The molecule has 0 aromatic carbocycles. The molecule has 0 spiro atoms. The zero-order chi connectivity index (χ0) is 10.8. The molecule has 0 radical (unpaired) electrons. The van der Waals surface area contributed by atoms with Gasteiger partial charge in [0.15, 0.2) is 4.67 Å². The highest BCUT2D eigenvalue weighted by Crippen LogP contribution is 2.33. The van der Waals surface area contributed by atoms with Crippen molar-refractivity contribution < 1.29 is 4.42 Å². The summed E-state index contributed by atoms with van der Waals surface area (Å²) in [4.78, 5) is 1.10. The largest absolute Gasteiger partial charge is 0.452 e. The highest BCUT2D eigenvalue weighted by atomic mass is 79.9. The molecule has 3 N–H and O–H groups in total. The maximum atomic E-state index is 5.53. The zero-order valence-corrected chi connectivity index (χ0v) is 11.5. The first-order chi connectivity index (χ1) is 7.22. The Bertz CT molecular complexity index is 454. The van der Waals surface area contributed by atoms with Gasteiger partial charge in [0.1, 0.15) is 11.8 Å². The van der Waals surface area contributed by atoms with E-state index in [9.17, 15) is 0 Å². The fourth-order valence-electron chi connectivity index (χ4n) is 1.28. The summed E-state index contributed by atoms with van der Waals surface area (Å²) in [5.74, 6) is 6.32. The molecule has 15 heavy (non-hydrogen) atoms. The molecule has 80 valence electrons. The van der Waals surface area contributed by atoms with Crippen LogP contribution in [0.25, 0.3) is 0 Å². The summed E-state index contributed by atoms with van der Waals surface area (Å²) in [6, 6.07) is 5.61. The Morgan fingerprint density at radius 1 is 1.33 bits per heavy atom. The van der Waals surface area contributed by atoms with Crippen LogP contribution in [0.2, 0.25) is 0 Å². The van der Waals surface area contributed by atoms with Crippen LogP contribution >= 0.6 is 43.2 Å². The number of halogens is 2. The van der Waals surface area contributed by atoms with Crippen molar-refractivity contribution in [1.82, 2.24) is 5.43 Å².